The molecule has 27 heavy (non-hydrogen) atoms. The van der Waals surface area contributed by atoms with Crippen molar-refractivity contribution in [3.05, 3.63) is 41.5 Å². The average molecular weight is 385 g/mol. The van der Waals surface area contributed by atoms with Crippen molar-refractivity contribution in [1.82, 2.24) is 4.90 Å². The predicted octanol–water partition coefficient (Wildman–Crippen LogP) is 5.33. The molecule has 1 fully saturated rings. The van der Waals surface area contributed by atoms with E-state index in [-0.39, 0.29) is 17.7 Å². The van der Waals surface area contributed by atoms with Crippen LogP contribution in [0.15, 0.2) is 30.3 Å². The van der Waals surface area contributed by atoms with E-state index in [0.717, 1.165) is 48.4 Å². The van der Waals surface area contributed by atoms with E-state index in [1.165, 1.54) is 17.8 Å². The molecule has 2 aromatic rings. The monoisotopic (exact) mass is 384 g/mol. The fraction of sp³-hybridized carbons (Fsp3) is 0.455. The van der Waals surface area contributed by atoms with Crippen LogP contribution in [-0.2, 0) is 4.79 Å². The van der Waals surface area contributed by atoms with E-state index >= 15 is 0 Å². The fourth-order valence-corrected chi connectivity index (χ4v) is 4.61. The summed E-state index contributed by atoms with van der Waals surface area (Å²) < 4.78 is 0. The summed E-state index contributed by atoms with van der Waals surface area (Å²) >= 11 is 1.51. The van der Waals surface area contributed by atoms with E-state index in [0.29, 0.717) is 10.6 Å². The van der Waals surface area contributed by atoms with E-state index in [1.807, 2.05) is 56.0 Å². The third-order valence-electron chi connectivity index (χ3n) is 5.34. The Bertz CT molecular complexity index is 807. The first-order valence-corrected chi connectivity index (χ1v) is 10.6. The summed E-state index contributed by atoms with van der Waals surface area (Å²) in [4.78, 5) is 28.8. The topological polar surface area (TPSA) is 49.4 Å². The lowest BCUT2D eigenvalue weighted by atomic mass is 10.0. The number of hydrogen-bond acceptors (Lipinski definition) is 3. The number of likely N-dealkylation sites (tertiary alicyclic amines) is 1. The number of benzene rings is 1. The van der Waals surface area contributed by atoms with Crippen LogP contribution in [0.4, 0.5) is 5.00 Å². The number of nitrogens with one attached hydrogen (secondary N) is 1. The number of hydrogen-bond donors (Lipinski definition) is 1. The standard InChI is InChI=1S/C22H28N2O2S/c1-4-15(2)20(25)23-21-18(22(26)24-13-9-6-10-14-24)16(3)19(27-21)17-11-7-5-8-12-17/h5,7-8,11-12,15H,4,6,9-10,13-14H2,1-3H3,(H,23,25). The number of rotatable bonds is 5. The first-order valence-electron chi connectivity index (χ1n) is 9.81. The van der Waals surface area contributed by atoms with E-state index in [4.69, 9.17) is 0 Å². The lowest BCUT2D eigenvalue weighted by Crippen LogP contribution is -2.36. The number of thiophene rings is 1. The summed E-state index contributed by atoms with van der Waals surface area (Å²) in [5.74, 6) is -0.0540. The molecule has 1 unspecified atom stereocenters. The van der Waals surface area contributed by atoms with Gasteiger partial charge in [-0.05, 0) is 43.7 Å². The Kier molecular flexibility index (Phi) is 6.32. The smallest absolute Gasteiger partial charge is 0.257 e. The van der Waals surface area contributed by atoms with Crippen LogP contribution in [0.5, 0.6) is 0 Å². The zero-order valence-electron chi connectivity index (χ0n) is 16.4. The summed E-state index contributed by atoms with van der Waals surface area (Å²) in [5.41, 5.74) is 2.70. The van der Waals surface area contributed by atoms with Gasteiger partial charge in [0.2, 0.25) is 5.91 Å². The number of carbonyl (C=O) groups excluding carboxylic acids is 2. The van der Waals surface area contributed by atoms with Crippen LogP contribution in [0.2, 0.25) is 0 Å². The van der Waals surface area contributed by atoms with Crippen molar-refractivity contribution in [2.24, 2.45) is 5.92 Å². The fourth-order valence-electron chi connectivity index (χ4n) is 3.40. The Morgan fingerprint density at radius 1 is 1.15 bits per heavy atom. The quantitative estimate of drug-likeness (QED) is 0.757. The van der Waals surface area contributed by atoms with Crippen molar-refractivity contribution in [2.45, 2.75) is 46.5 Å². The van der Waals surface area contributed by atoms with E-state index in [2.05, 4.69) is 5.32 Å². The molecular weight excluding hydrogens is 356 g/mol. The molecule has 0 aliphatic carbocycles. The molecule has 0 saturated carbocycles. The minimum absolute atomic E-state index is 0.0222. The highest BCUT2D eigenvalue weighted by Crippen LogP contribution is 2.41. The molecule has 1 N–H and O–H groups in total. The molecule has 4 nitrogen and oxygen atoms in total. The van der Waals surface area contributed by atoms with Crippen molar-refractivity contribution < 1.29 is 9.59 Å². The first kappa shape index (κ1) is 19.6. The van der Waals surface area contributed by atoms with Crippen LogP contribution in [0.25, 0.3) is 10.4 Å². The molecular formula is C22H28N2O2S. The second-order valence-electron chi connectivity index (χ2n) is 7.28. The molecule has 0 spiro atoms. The SMILES string of the molecule is CCC(C)C(=O)Nc1sc(-c2ccccc2)c(C)c1C(=O)N1CCCCC1. The molecule has 2 heterocycles. The average Bonchev–Trinajstić information content (AvgIpc) is 3.03. The zero-order chi connectivity index (χ0) is 19.4. The largest absolute Gasteiger partial charge is 0.339 e. The number of anilines is 1. The van der Waals surface area contributed by atoms with Crippen LogP contribution in [0.3, 0.4) is 0 Å². The van der Waals surface area contributed by atoms with Crippen LogP contribution in [0.1, 0.15) is 55.5 Å². The predicted molar refractivity (Wildman–Crippen MR) is 112 cm³/mol. The van der Waals surface area contributed by atoms with Gasteiger partial charge in [0.15, 0.2) is 0 Å². The summed E-state index contributed by atoms with van der Waals surface area (Å²) in [6.45, 7) is 7.51. The van der Waals surface area contributed by atoms with Gasteiger partial charge in [0.1, 0.15) is 5.00 Å². The highest BCUT2D eigenvalue weighted by Gasteiger charge is 2.28. The number of piperidine rings is 1. The molecule has 3 rings (SSSR count). The molecule has 1 aliphatic heterocycles. The van der Waals surface area contributed by atoms with E-state index < -0.39 is 0 Å². The second-order valence-corrected chi connectivity index (χ2v) is 8.30. The van der Waals surface area contributed by atoms with E-state index in [1.54, 1.807) is 0 Å². The van der Waals surface area contributed by atoms with Gasteiger partial charge in [-0.15, -0.1) is 11.3 Å². The molecule has 144 valence electrons. The summed E-state index contributed by atoms with van der Waals surface area (Å²) in [6, 6.07) is 10.1. The van der Waals surface area contributed by atoms with Crippen molar-refractivity contribution in [3.8, 4) is 10.4 Å². The van der Waals surface area contributed by atoms with Gasteiger partial charge in [-0.3, -0.25) is 9.59 Å². The van der Waals surface area contributed by atoms with Crippen molar-refractivity contribution in [3.63, 3.8) is 0 Å². The van der Waals surface area contributed by atoms with Crippen LogP contribution < -0.4 is 5.32 Å². The van der Waals surface area contributed by atoms with Gasteiger partial charge in [-0.25, -0.2) is 0 Å². The van der Waals surface area contributed by atoms with Gasteiger partial charge in [0.25, 0.3) is 5.91 Å². The minimum atomic E-state index is -0.0782. The highest BCUT2D eigenvalue weighted by atomic mass is 32.1. The maximum Gasteiger partial charge on any atom is 0.257 e. The first-order chi connectivity index (χ1) is 13.0. The Morgan fingerprint density at radius 2 is 1.81 bits per heavy atom. The van der Waals surface area contributed by atoms with Gasteiger partial charge in [0.05, 0.1) is 5.56 Å². The van der Waals surface area contributed by atoms with E-state index in [9.17, 15) is 9.59 Å². The summed E-state index contributed by atoms with van der Waals surface area (Å²) in [6.07, 6.45) is 4.06. The summed E-state index contributed by atoms with van der Waals surface area (Å²) in [7, 11) is 0. The molecule has 1 aromatic carbocycles. The third kappa shape index (κ3) is 4.24. The van der Waals surface area contributed by atoms with Crippen molar-refractivity contribution in [2.75, 3.05) is 18.4 Å². The molecule has 2 amide bonds. The molecule has 5 heteroatoms. The second kappa shape index (κ2) is 8.70. The molecule has 1 aromatic heterocycles. The maximum absolute atomic E-state index is 13.3. The Balaban J connectivity index is 2.01. The van der Waals surface area contributed by atoms with Gasteiger partial charge in [-0.1, -0.05) is 44.2 Å². The van der Waals surface area contributed by atoms with Crippen molar-refractivity contribution in [1.29, 1.82) is 0 Å². The van der Waals surface area contributed by atoms with Crippen LogP contribution >= 0.6 is 11.3 Å². The lowest BCUT2D eigenvalue weighted by molar-refractivity contribution is -0.119. The van der Waals surface area contributed by atoms with Gasteiger partial charge in [0, 0.05) is 23.9 Å². The Hall–Kier alpha value is -2.14. The third-order valence-corrected chi connectivity index (χ3v) is 6.59. The minimum Gasteiger partial charge on any atom is -0.339 e. The van der Waals surface area contributed by atoms with Gasteiger partial charge in [-0.2, -0.15) is 0 Å². The number of carbonyl (C=O) groups is 2. The molecule has 1 atom stereocenters. The summed E-state index contributed by atoms with van der Waals surface area (Å²) in [5, 5.41) is 3.73. The highest BCUT2D eigenvalue weighted by molar-refractivity contribution is 7.20. The van der Waals surface area contributed by atoms with Crippen LogP contribution in [-0.4, -0.2) is 29.8 Å². The molecule has 1 aliphatic rings. The Labute approximate surface area is 165 Å². The Morgan fingerprint density at radius 3 is 2.44 bits per heavy atom. The lowest BCUT2D eigenvalue weighted by Gasteiger charge is -2.27. The van der Waals surface area contributed by atoms with Gasteiger partial charge < -0.3 is 10.2 Å². The normalized spacial score (nSPS) is 15.4. The zero-order valence-corrected chi connectivity index (χ0v) is 17.2. The number of nitrogens with zero attached hydrogens (tertiary/aromatic N) is 1. The molecule has 0 radical (unpaired) electrons. The number of amides is 2. The molecule has 1 saturated heterocycles. The maximum atomic E-state index is 13.3. The van der Waals surface area contributed by atoms with Gasteiger partial charge >= 0.3 is 0 Å². The molecule has 0 bridgehead atoms. The van der Waals surface area contributed by atoms with Crippen LogP contribution in [0, 0.1) is 12.8 Å². The van der Waals surface area contributed by atoms with Crippen molar-refractivity contribution >= 4 is 28.2 Å².